The molecule has 0 saturated carbocycles. The highest BCUT2D eigenvalue weighted by atomic mass is 16.4. The maximum Gasteiger partial charge on any atom is 0.246 e. The summed E-state index contributed by atoms with van der Waals surface area (Å²) in [6.45, 7) is 7.81. The van der Waals surface area contributed by atoms with Gasteiger partial charge in [-0.15, -0.1) is 0 Å². The maximum absolute atomic E-state index is 9.45. The molecule has 2 aromatic heterocycles. The summed E-state index contributed by atoms with van der Waals surface area (Å²) in [5, 5.41) is 9.45. The van der Waals surface area contributed by atoms with Gasteiger partial charge < -0.3 is 9.52 Å². The third-order valence-electron chi connectivity index (χ3n) is 2.39. The lowest BCUT2D eigenvalue weighted by Gasteiger charge is -2.11. The molecule has 0 aromatic carbocycles. The van der Waals surface area contributed by atoms with Gasteiger partial charge in [0.1, 0.15) is 5.52 Å². The number of aromatic nitrogens is 2. The Hall–Kier alpha value is -1.42. The summed E-state index contributed by atoms with van der Waals surface area (Å²) < 4.78 is 5.56. The van der Waals surface area contributed by atoms with E-state index < -0.39 is 6.10 Å². The first-order chi connectivity index (χ1) is 7.38. The van der Waals surface area contributed by atoms with Crippen molar-refractivity contribution in [2.45, 2.75) is 39.2 Å². The van der Waals surface area contributed by atoms with E-state index in [2.05, 4.69) is 9.97 Å². The molecule has 4 nitrogen and oxygen atoms in total. The minimum atomic E-state index is -0.535. The van der Waals surface area contributed by atoms with Crippen LogP contribution in [-0.2, 0) is 5.41 Å². The summed E-state index contributed by atoms with van der Waals surface area (Å²) in [5.74, 6) is 0.665. The molecule has 0 fully saturated rings. The molecule has 0 aliphatic heterocycles. The molecule has 1 unspecified atom stereocenters. The van der Waals surface area contributed by atoms with Gasteiger partial charge in [-0.1, -0.05) is 20.8 Å². The molecule has 0 saturated heterocycles. The first-order valence-electron chi connectivity index (χ1n) is 5.33. The highest BCUT2D eigenvalue weighted by Crippen LogP contribution is 2.25. The van der Waals surface area contributed by atoms with Crippen LogP contribution in [0, 0.1) is 0 Å². The van der Waals surface area contributed by atoms with E-state index in [0.29, 0.717) is 17.1 Å². The van der Waals surface area contributed by atoms with Gasteiger partial charge in [0.15, 0.2) is 0 Å². The fourth-order valence-electron chi connectivity index (χ4n) is 1.39. The second-order valence-electron chi connectivity index (χ2n) is 5.04. The number of fused-ring (bicyclic) bond motifs is 1. The molecule has 1 N–H and O–H groups in total. The van der Waals surface area contributed by atoms with Crippen LogP contribution < -0.4 is 0 Å². The third kappa shape index (κ3) is 1.93. The summed E-state index contributed by atoms with van der Waals surface area (Å²) >= 11 is 0. The second kappa shape index (κ2) is 3.56. The molecule has 0 bridgehead atoms. The van der Waals surface area contributed by atoms with Crippen LogP contribution in [0.2, 0.25) is 0 Å². The van der Waals surface area contributed by atoms with Gasteiger partial charge >= 0.3 is 0 Å². The number of aliphatic hydroxyl groups is 1. The molecule has 0 aliphatic carbocycles. The van der Waals surface area contributed by atoms with E-state index in [0.717, 1.165) is 5.56 Å². The van der Waals surface area contributed by atoms with Gasteiger partial charge in [-0.3, -0.25) is 0 Å². The molecule has 0 radical (unpaired) electrons. The Balaban J connectivity index is 2.54. The van der Waals surface area contributed by atoms with E-state index in [9.17, 15) is 5.11 Å². The lowest BCUT2D eigenvalue weighted by molar-refractivity contribution is 0.199. The molecule has 0 spiro atoms. The second-order valence-corrected chi connectivity index (χ2v) is 5.04. The van der Waals surface area contributed by atoms with Gasteiger partial charge in [-0.05, 0) is 13.0 Å². The van der Waals surface area contributed by atoms with E-state index >= 15 is 0 Å². The van der Waals surface area contributed by atoms with Crippen LogP contribution in [0.15, 0.2) is 16.7 Å². The van der Waals surface area contributed by atoms with Crippen molar-refractivity contribution in [3.8, 4) is 0 Å². The summed E-state index contributed by atoms with van der Waals surface area (Å²) in [6, 6.07) is 1.81. The van der Waals surface area contributed by atoms with Crippen LogP contribution in [0.25, 0.3) is 11.2 Å². The molecular formula is C12H16N2O2. The zero-order chi connectivity index (χ0) is 11.9. The molecule has 2 aromatic rings. The van der Waals surface area contributed by atoms with Crippen molar-refractivity contribution < 1.29 is 9.52 Å². The molecule has 1 atom stereocenters. The Morgan fingerprint density at radius 3 is 2.62 bits per heavy atom. The zero-order valence-corrected chi connectivity index (χ0v) is 9.98. The number of oxazole rings is 1. The van der Waals surface area contributed by atoms with Crippen molar-refractivity contribution >= 4 is 11.2 Å². The largest absolute Gasteiger partial charge is 0.422 e. The van der Waals surface area contributed by atoms with Gasteiger partial charge in [0.25, 0.3) is 0 Å². The highest BCUT2D eigenvalue weighted by Gasteiger charge is 2.21. The smallest absolute Gasteiger partial charge is 0.246 e. The summed E-state index contributed by atoms with van der Waals surface area (Å²) in [4.78, 5) is 8.53. The first-order valence-corrected chi connectivity index (χ1v) is 5.33. The lowest BCUT2D eigenvalue weighted by atomic mass is 9.97. The van der Waals surface area contributed by atoms with Crippen LogP contribution in [0.5, 0.6) is 0 Å². The van der Waals surface area contributed by atoms with E-state index in [-0.39, 0.29) is 5.41 Å². The zero-order valence-electron chi connectivity index (χ0n) is 9.98. The van der Waals surface area contributed by atoms with E-state index in [1.54, 1.807) is 13.1 Å². The normalized spacial score (nSPS) is 14.3. The molecule has 0 aliphatic rings. The van der Waals surface area contributed by atoms with Crippen LogP contribution in [0.4, 0.5) is 0 Å². The van der Waals surface area contributed by atoms with Gasteiger partial charge in [-0.25, -0.2) is 9.97 Å². The number of pyridine rings is 1. The van der Waals surface area contributed by atoms with Crippen molar-refractivity contribution in [1.82, 2.24) is 9.97 Å². The molecule has 16 heavy (non-hydrogen) atoms. The van der Waals surface area contributed by atoms with Crippen LogP contribution in [0.3, 0.4) is 0 Å². The van der Waals surface area contributed by atoms with Crippen molar-refractivity contribution in [2.75, 3.05) is 0 Å². The molecule has 4 heteroatoms. The van der Waals surface area contributed by atoms with E-state index in [4.69, 9.17) is 4.42 Å². The Kier molecular flexibility index (Phi) is 2.46. The van der Waals surface area contributed by atoms with Crippen LogP contribution in [0.1, 0.15) is 45.3 Å². The van der Waals surface area contributed by atoms with Gasteiger partial charge in [0.2, 0.25) is 11.6 Å². The Morgan fingerprint density at radius 2 is 2.06 bits per heavy atom. The Morgan fingerprint density at radius 1 is 1.38 bits per heavy atom. The summed E-state index contributed by atoms with van der Waals surface area (Å²) in [5.41, 5.74) is 1.84. The SMILES string of the molecule is CC(O)c1cnc2oc(C(C)(C)C)nc2c1. The van der Waals surface area contributed by atoms with Crippen molar-refractivity contribution in [1.29, 1.82) is 0 Å². The predicted molar refractivity (Wildman–Crippen MR) is 61.1 cm³/mol. The fraction of sp³-hybridized carbons (Fsp3) is 0.500. The fourth-order valence-corrected chi connectivity index (χ4v) is 1.39. The molecule has 0 amide bonds. The first kappa shape index (κ1) is 11.1. The average Bonchev–Trinajstić information content (AvgIpc) is 2.58. The molecular weight excluding hydrogens is 204 g/mol. The molecule has 2 heterocycles. The van der Waals surface area contributed by atoms with E-state index in [1.165, 1.54) is 0 Å². The lowest BCUT2D eigenvalue weighted by Crippen LogP contribution is -2.10. The number of aliphatic hydroxyl groups excluding tert-OH is 1. The van der Waals surface area contributed by atoms with Crippen molar-refractivity contribution in [2.24, 2.45) is 0 Å². The predicted octanol–water partition coefficient (Wildman–Crippen LogP) is 2.57. The Bertz CT molecular complexity index is 509. The minimum Gasteiger partial charge on any atom is -0.422 e. The monoisotopic (exact) mass is 220 g/mol. The molecule has 2 rings (SSSR count). The third-order valence-corrected chi connectivity index (χ3v) is 2.39. The number of hydrogen-bond acceptors (Lipinski definition) is 4. The van der Waals surface area contributed by atoms with Crippen LogP contribution >= 0.6 is 0 Å². The van der Waals surface area contributed by atoms with Crippen LogP contribution in [-0.4, -0.2) is 15.1 Å². The van der Waals surface area contributed by atoms with Crippen molar-refractivity contribution in [3.05, 3.63) is 23.7 Å². The highest BCUT2D eigenvalue weighted by molar-refractivity contribution is 5.68. The van der Waals surface area contributed by atoms with Gasteiger partial charge in [0.05, 0.1) is 6.10 Å². The average molecular weight is 220 g/mol. The molecule has 86 valence electrons. The quantitative estimate of drug-likeness (QED) is 0.802. The summed E-state index contributed by atoms with van der Waals surface area (Å²) in [7, 11) is 0. The standard InChI is InChI=1S/C12H16N2O2/c1-7(15)8-5-9-10(13-6-8)16-11(14-9)12(2,3)4/h5-7,15H,1-4H3. The minimum absolute atomic E-state index is 0.133. The number of hydrogen-bond donors (Lipinski definition) is 1. The number of rotatable bonds is 1. The van der Waals surface area contributed by atoms with E-state index in [1.807, 2.05) is 26.8 Å². The summed E-state index contributed by atoms with van der Waals surface area (Å²) in [6.07, 6.45) is 1.08. The van der Waals surface area contributed by atoms with Gasteiger partial charge in [0, 0.05) is 17.2 Å². The topological polar surface area (TPSA) is 59.2 Å². The maximum atomic E-state index is 9.45. The van der Waals surface area contributed by atoms with Crippen molar-refractivity contribution in [3.63, 3.8) is 0 Å². The number of nitrogens with zero attached hydrogens (tertiary/aromatic N) is 2. The Labute approximate surface area is 94.3 Å². The van der Waals surface area contributed by atoms with Gasteiger partial charge in [-0.2, -0.15) is 0 Å².